The first-order valence-corrected chi connectivity index (χ1v) is 4.82. The zero-order valence-corrected chi connectivity index (χ0v) is 7.10. The molecule has 0 spiro atoms. The Morgan fingerprint density at radius 2 is 2.36 bits per heavy atom. The second-order valence-corrected chi connectivity index (χ2v) is 3.61. The molecular formula is C7H12O3S. The molecule has 0 atom stereocenters. The third-order valence-corrected chi connectivity index (χ3v) is 2.23. The predicted molar refractivity (Wildman–Crippen MR) is 43.6 cm³/mol. The Balaban J connectivity index is 1.76. The van der Waals surface area contributed by atoms with Crippen molar-refractivity contribution in [2.75, 3.05) is 18.3 Å². The molecule has 0 unspecified atom stereocenters. The molecule has 0 heterocycles. The zero-order valence-electron chi connectivity index (χ0n) is 6.28. The molecule has 11 heavy (non-hydrogen) atoms. The van der Waals surface area contributed by atoms with Gasteiger partial charge in [0.15, 0.2) is 0 Å². The van der Waals surface area contributed by atoms with Crippen molar-refractivity contribution in [2.24, 2.45) is 5.92 Å². The van der Waals surface area contributed by atoms with Crippen LogP contribution in [-0.4, -0.2) is 29.4 Å². The summed E-state index contributed by atoms with van der Waals surface area (Å²) in [6.45, 7) is 0.812. The monoisotopic (exact) mass is 176 g/mol. The largest absolute Gasteiger partial charge is 0.481 e. The maximum absolute atomic E-state index is 10.0. The fourth-order valence-electron chi connectivity index (χ4n) is 0.687. The highest BCUT2D eigenvalue weighted by Gasteiger charge is 2.20. The van der Waals surface area contributed by atoms with E-state index in [1.54, 1.807) is 0 Å². The molecule has 0 amide bonds. The van der Waals surface area contributed by atoms with E-state index in [1.807, 2.05) is 0 Å². The lowest BCUT2D eigenvalue weighted by atomic mass is 10.5. The Labute approximate surface area is 70.1 Å². The molecule has 64 valence electrons. The molecule has 3 nitrogen and oxygen atoms in total. The number of ether oxygens (including phenoxy) is 1. The van der Waals surface area contributed by atoms with Gasteiger partial charge in [-0.15, -0.1) is 11.8 Å². The number of hydrogen-bond acceptors (Lipinski definition) is 3. The van der Waals surface area contributed by atoms with E-state index in [4.69, 9.17) is 9.84 Å². The molecule has 1 aliphatic carbocycles. The van der Waals surface area contributed by atoms with Crippen molar-refractivity contribution in [3.8, 4) is 0 Å². The van der Waals surface area contributed by atoms with Crippen molar-refractivity contribution in [3.05, 3.63) is 0 Å². The van der Waals surface area contributed by atoms with Crippen LogP contribution in [0.4, 0.5) is 0 Å². The summed E-state index contributed by atoms with van der Waals surface area (Å²) in [5.41, 5.74) is 0. The number of thioether (sulfide) groups is 1. The fourth-order valence-corrected chi connectivity index (χ4v) is 1.16. The molecule has 1 N–H and O–H groups in total. The van der Waals surface area contributed by atoms with Crippen LogP contribution < -0.4 is 0 Å². The maximum Gasteiger partial charge on any atom is 0.313 e. The minimum atomic E-state index is -0.773. The predicted octanol–water partition coefficient (Wildman–Crippen LogP) is 1.19. The normalized spacial score (nSPS) is 16.7. The van der Waals surface area contributed by atoms with Crippen LogP contribution in [0.5, 0.6) is 0 Å². The van der Waals surface area contributed by atoms with E-state index in [2.05, 4.69) is 0 Å². The number of hydrogen-bond donors (Lipinski definition) is 1. The standard InChI is InChI=1S/C7H12O3S/c8-7(9)4-11-5-10-3-6-1-2-6/h6H,1-5H2,(H,8,9). The summed E-state index contributed by atoms with van der Waals surface area (Å²) in [4.78, 5) is 10.0. The third kappa shape index (κ3) is 5.09. The average Bonchev–Trinajstić information content (AvgIpc) is 2.70. The molecule has 1 aliphatic rings. The number of carbonyl (C=O) groups is 1. The molecule has 0 aromatic heterocycles. The summed E-state index contributed by atoms with van der Waals surface area (Å²) in [6, 6.07) is 0. The highest BCUT2D eigenvalue weighted by molar-refractivity contribution is 7.99. The molecule has 0 aliphatic heterocycles. The topological polar surface area (TPSA) is 46.5 Å². The average molecular weight is 176 g/mol. The first-order valence-electron chi connectivity index (χ1n) is 3.66. The summed E-state index contributed by atoms with van der Waals surface area (Å²) >= 11 is 1.31. The van der Waals surface area contributed by atoms with Crippen LogP contribution in [0.1, 0.15) is 12.8 Å². The lowest BCUT2D eigenvalue weighted by Gasteiger charge is -1.99. The second-order valence-electron chi connectivity index (χ2n) is 2.67. The third-order valence-electron chi connectivity index (χ3n) is 1.44. The summed E-state index contributed by atoms with van der Waals surface area (Å²) in [5.74, 6) is 0.651. The van der Waals surface area contributed by atoms with Crippen LogP contribution in [-0.2, 0) is 9.53 Å². The van der Waals surface area contributed by atoms with Gasteiger partial charge >= 0.3 is 5.97 Å². The van der Waals surface area contributed by atoms with Gasteiger partial charge in [0.05, 0.1) is 18.3 Å². The molecule has 1 rings (SSSR count). The smallest absolute Gasteiger partial charge is 0.313 e. The van der Waals surface area contributed by atoms with Crippen molar-refractivity contribution in [2.45, 2.75) is 12.8 Å². The molecule has 0 radical (unpaired) electrons. The Kier molecular flexibility index (Phi) is 3.72. The Morgan fingerprint density at radius 3 is 2.91 bits per heavy atom. The quantitative estimate of drug-likeness (QED) is 0.487. The van der Waals surface area contributed by atoms with Crippen LogP contribution in [0.25, 0.3) is 0 Å². The van der Waals surface area contributed by atoms with Crippen LogP contribution in [0, 0.1) is 5.92 Å². The van der Waals surface area contributed by atoms with Gasteiger partial charge in [-0.1, -0.05) is 0 Å². The first-order chi connectivity index (χ1) is 5.29. The van der Waals surface area contributed by atoms with E-state index in [1.165, 1.54) is 24.6 Å². The van der Waals surface area contributed by atoms with Gasteiger partial charge in [-0.2, -0.15) is 0 Å². The van der Waals surface area contributed by atoms with E-state index in [9.17, 15) is 4.79 Å². The minimum absolute atomic E-state index is 0.144. The first kappa shape index (κ1) is 8.87. The lowest BCUT2D eigenvalue weighted by molar-refractivity contribution is -0.133. The van der Waals surface area contributed by atoms with Crippen LogP contribution in [0.15, 0.2) is 0 Å². The molecule has 0 aromatic rings. The van der Waals surface area contributed by atoms with Gasteiger partial charge in [0.1, 0.15) is 0 Å². The Morgan fingerprint density at radius 1 is 1.64 bits per heavy atom. The molecule has 1 saturated carbocycles. The van der Waals surface area contributed by atoms with Gasteiger partial charge < -0.3 is 9.84 Å². The highest BCUT2D eigenvalue weighted by atomic mass is 32.2. The van der Waals surface area contributed by atoms with E-state index in [0.29, 0.717) is 5.94 Å². The number of carboxylic acids is 1. The summed E-state index contributed by atoms with van der Waals surface area (Å²) < 4.78 is 5.21. The highest BCUT2D eigenvalue weighted by Crippen LogP contribution is 2.28. The SMILES string of the molecule is O=C(O)CSCOCC1CC1. The maximum atomic E-state index is 10.0. The summed E-state index contributed by atoms with van der Waals surface area (Å²) in [5, 5.41) is 8.26. The summed E-state index contributed by atoms with van der Waals surface area (Å²) in [6.07, 6.45) is 2.56. The van der Waals surface area contributed by atoms with E-state index in [-0.39, 0.29) is 5.75 Å². The van der Waals surface area contributed by atoms with Crippen LogP contribution >= 0.6 is 11.8 Å². The Bertz CT molecular complexity index is 134. The molecule has 0 aromatic carbocycles. The van der Waals surface area contributed by atoms with Crippen molar-refractivity contribution in [1.29, 1.82) is 0 Å². The number of aliphatic carboxylic acids is 1. The van der Waals surface area contributed by atoms with Crippen molar-refractivity contribution < 1.29 is 14.6 Å². The second kappa shape index (κ2) is 4.62. The van der Waals surface area contributed by atoms with Crippen molar-refractivity contribution in [3.63, 3.8) is 0 Å². The van der Waals surface area contributed by atoms with E-state index < -0.39 is 5.97 Å². The van der Waals surface area contributed by atoms with Crippen molar-refractivity contribution >= 4 is 17.7 Å². The fraction of sp³-hybridized carbons (Fsp3) is 0.857. The number of carboxylic acid groups (broad SMARTS) is 1. The molecule has 0 bridgehead atoms. The van der Waals surface area contributed by atoms with Gasteiger partial charge in [-0.05, 0) is 18.8 Å². The zero-order chi connectivity index (χ0) is 8.10. The molecule has 0 saturated heterocycles. The van der Waals surface area contributed by atoms with E-state index in [0.717, 1.165) is 12.5 Å². The van der Waals surface area contributed by atoms with Gasteiger partial charge in [-0.3, -0.25) is 4.79 Å². The Hall–Kier alpha value is -0.220. The number of rotatable bonds is 6. The lowest BCUT2D eigenvalue weighted by Crippen LogP contribution is -2.01. The van der Waals surface area contributed by atoms with Gasteiger partial charge in [0.2, 0.25) is 0 Å². The van der Waals surface area contributed by atoms with Crippen LogP contribution in [0.3, 0.4) is 0 Å². The minimum Gasteiger partial charge on any atom is -0.481 e. The van der Waals surface area contributed by atoms with Crippen LogP contribution in [0.2, 0.25) is 0 Å². The van der Waals surface area contributed by atoms with Gasteiger partial charge in [0.25, 0.3) is 0 Å². The van der Waals surface area contributed by atoms with Gasteiger partial charge in [0, 0.05) is 0 Å². The summed E-state index contributed by atoms with van der Waals surface area (Å²) in [7, 11) is 0. The van der Waals surface area contributed by atoms with E-state index >= 15 is 0 Å². The molecular weight excluding hydrogens is 164 g/mol. The van der Waals surface area contributed by atoms with Gasteiger partial charge in [-0.25, -0.2) is 0 Å². The molecule has 1 fully saturated rings. The molecule has 4 heteroatoms. The van der Waals surface area contributed by atoms with Crippen molar-refractivity contribution in [1.82, 2.24) is 0 Å².